The molecule has 1 saturated heterocycles. The maximum absolute atomic E-state index is 3.65. The van der Waals surface area contributed by atoms with Gasteiger partial charge in [-0.15, -0.1) is 0 Å². The largest absolute Gasteiger partial charge is 0.366 e. The topological polar surface area (TPSA) is 15.3 Å². The van der Waals surface area contributed by atoms with Crippen LogP contribution in [-0.2, 0) is 0 Å². The molecular weight excluding hydrogens is 288 g/mol. The van der Waals surface area contributed by atoms with Crippen molar-refractivity contribution in [1.82, 2.24) is 5.32 Å². The van der Waals surface area contributed by atoms with Crippen molar-refractivity contribution in [3.8, 4) is 0 Å². The van der Waals surface area contributed by atoms with E-state index in [0.29, 0.717) is 18.0 Å². The highest BCUT2D eigenvalue weighted by Crippen LogP contribution is 2.29. The minimum atomic E-state index is 0.549. The normalized spacial score (nSPS) is 24.7. The summed E-state index contributed by atoms with van der Waals surface area (Å²) in [7, 11) is 0. The van der Waals surface area contributed by atoms with E-state index < -0.39 is 0 Å². The molecule has 1 aromatic carbocycles. The van der Waals surface area contributed by atoms with Crippen LogP contribution in [0.1, 0.15) is 26.3 Å². The van der Waals surface area contributed by atoms with Crippen molar-refractivity contribution >= 4 is 21.6 Å². The molecular formula is C15H23BrN2. The molecule has 100 valence electrons. The van der Waals surface area contributed by atoms with Crippen molar-refractivity contribution in [2.45, 2.75) is 39.8 Å². The Labute approximate surface area is 119 Å². The van der Waals surface area contributed by atoms with Gasteiger partial charge >= 0.3 is 0 Å². The van der Waals surface area contributed by atoms with Gasteiger partial charge in [0.15, 0.2) is 0 Å². The second kappa shape index (κ2) is 5.62. The molecule has 18 heavy (non-hydrogen) atoms. The zero-order valence-electron chi connectivity index (χ0n) is 11.7. The summed E-state index contributed by atoms with van der Waals surface area (Å²) < 4.78 is 1.20. The Balaban J connectivity index is 2.27. The monoisotopic (exact) mass is 310 g/mol. The third-order valence-corrected chi connectivity index (χ3v) is 4.81. The number of piperazine rings is 1. The molecule has 0 saturated carbocycles. The first-order valence-corrected chi connectivity index (χ1v) is 7.55. The maximum atomic E-state index is 3.65. The number of rotatable bonds is 2. The fraction of sp³-hybridized carbons (Fsp3) is 0.600. The lowest BCUT2D eigenvalue weighted by Crippen LogP contribution is -2.57. The molecule has 2 unspecified atom stereocenters. The van der Waals surface area contributed by atoms with Crippen molar-refractivity contribution < 1.29 is 0 Å². The molecule has 0 radical (unpaired) electrons. The van der Waals surface area contributed by atoms with E-state index in [9.17, 15) is 0 Å². The van der Waals surface area contributed by atoms with E-state index in [1.807, 2.05) is 0 Å². The fourth-order valence-corrected chi connectivity index (χ4v) is 2.93. The zero-order valence-corrected chi connectivity index (χ0v) is 13.3. The van der Waals surface area contributed by atoms with Crippen LogP contribution in [0.2, 0.25) is 0 Å². The predicted molar refractivity (Wildman–Crippen MR) is 82.3 cm³/mol. The van der Waals surface area contributed by atoms with E-state index in [1.54, 1.807) is 0 Å². The standard InChI is InChI=1S/C15H23BrN2/c1-10(2)14-9-18(11(3)8-17-14)15-7-5-6-13(16)12(15)4/h5-7,10-11,14,17H,8-9H2,1-4H3. The second-order valence-corrected chi connectivity index (χ2v) is 6.50. The average Bonchev–Trinajstić information content (AvgIpc) is 2.33. The Kier molecular flexibility index (Phi) is 4.33. The highest BCUT2D eigenvalue weighted by molar-refractivity contribution is 9.10. The quantitative estimate of drug-likeness (QED) is 0.898. The van der Waals surface area contributed by atoms with Gasteiger partial charge in [-0.25, -0.2) is 0 Å². The Morgan fingerprint density at radius 3 is 2.78 bits per heavy atom. The molecule has 1 aliphatic rings. The molecule has 3 heteroatoms. The molecule has 1 N–H and O–H groups in total. The third-order valence-electron chi connectivity index (χ3n) is 3.95. The molecule has 2 atom stereocenters. The van der Waals surface area contributed by atoms with Crippen LogP contribution in [0, 0.1) is 12.8 Å². The van der Waals surface area contributed by atoms with Crippen LogP contribution in [0.5, 0.6) is 0 Å². The minimum absolute atomic E-state index is 0.549. The predicted octanol–water partition coefficient (Wildman–Crippen LogP) is 3.58. The molecule has 0 aliphatic carbocycles. The molecule has 2 rings (SSSR count). The summed E-state index contributed by atoms with van der Waals surface area (Å²) in [5.41, 5.74) is 2.71. The van der Waals surface area contributed by atoms with Gasteiger partial charge < -0.3 is 10.2 Å². The number of nitrogens with one attached hydrogen (secondary N) is 1. The summed E-state index contributed by atoms with van der Waals surface area (Å²) >= 11 is 3.63. The van der Waals surface area contributed by atoms with E-state index in [2.05, 4.69) is 72.0 Å². The summed E-state index contributed by atoms with van der Waals surface area (Å²) in [6, 6.07) is 7.61. The van der Waals surface area contributed by atoms with Crippen molar-refractivity contribution in [3.05, 3.63) is 28.2 Å². The number of halogens is 1. The van der Waals surface area contributed by atoms with E-state index >= 15 is 0 Å². The first-order chi connectivity index (χ1) is 8.50. The van der Waals surface area contributed by atoms with Gasteiger partial charge in [0.2, 0.25) is 0 Å². The zero-order chi connectivity index (χ0) is 13.3. The lowest BCUT2D eigenvalue weighted by molar-refractivity contribution is 0.336. The molecule has 1 heterocycles. The average molecular weight is 311 g/mol. The molecule has 1 fully saturated rings. The Bertz CT molecular complexity index is 417. The SMILES string of the molecule is Cc1c(Br)cccc1N1CC(C(C)C)NCC1C. The van der Waals surface area contributed by atoms with Crippen LogP contribution in [-0.4, -0.2) is 25.2 Å². The number of benzene rings is 1. The van der Waals surface area contributed by atoms with Crippen LogP contribution in [0.15, 0.2) is 22.7 Å². The highest BCUT2D eigenvalue weighted by Gasteiger charge is 2.27. The van der Waals surface area contributed by atoms with Crippen LogP contribution < -0.4 is 10.2 Å². The third kappa shape index (κ3) is 2.72. The van der Waals surface area contributed by atoms with Crippen molar-refractivity contribution in [2.24, 2.45) is 5.92 Å². The lowest BCUT2D eigenvalue weighted by Gasteiger charge is -2.42. The number of hydrogen-bond acceptors (Lipinski definition) is 2. The van der Waals surface area contributed by atoms with Gasteiger partial charge in [-0.1, -0.05) is 35.8 Å². The molecule has 0 aromatic heterocycles. The summed E-state index contributed by atoms with van der Waals surface area (Å²) in [6.07, 6.45) is 0. The lowest BCUT2D eigenvalue weighted by atomic mass is 9.98. The molecule has 0 bridgehead atoms. The minimum Gasteiger partial charge on any atom is -0.366 e. The molecule has 0 spiro atoms. The van der Waals surface area contributed by atoms with Gasteiger partial charge in [-0.2, -0.15) is 0 Å². The van der Waals surface area contributed by atoms with Gasteiger partial charge in [-0.05, 0) is 37.5 Å². The van der Waals surface area contributed by atoms with Crippen molar-refractivity contribution in [3.63, 3.8) is 0 Å². The van der Waals surface area contributed by atoms with Gasteiger partial charge in [0.25, 0.3) is 0 Å². The maximum Gasteiger partial charge on any atom is 0.0410 e. The molecule has 1 aromatic rings. The summed E-state index contributed by atoms with van der Waals surface area (Å²) in [5.74, 6) is 0.674. The van der Waals surface area contributed by atoms with Crippen LogP contribution >= 0.6 is 15.9 Å². The summed E-state index contributed by atoms with van der Waals surface area (Å²) in [4.78, 5) is 2.54. The highest BCUT2D eigenvalue weighted by atomic mass is 79.9. The van der Waals surface area contributed by atoms with Gasteiger partial charge in [0, 0.05) is 35.3 Å². The molecule has 1 aliphatic heterocycles. The van der Waals surface area contributed by atoms with Gasteiger partial charge in [0.05, 0.1) is 0 Å². The Morgan fingerprint density at radius 2 is 2.11 bits per heavy atom. The van der Waals surface area contributed by atoms with E-state index in [-0.39, 0.29) is 0 Å². The number of anilines is 1. The van der Waals surface area contributed by atoms with Crippen molar-refractivity contribution in [2.75, 3.05) is 18.0 Å². The Morgan fingerprint density at radius 1 is 1.39 bits per heavy atom. The van der Waals surface area contributed by atoms with Gasteiger partial charge in [-0.3, -0.25) is 0 Å². The Hall–Kier alpha value is -0.540. The van der Waals surface area contributed by atoms with Crippen molar-refractivity contribution in [1.29, 1.82) is 0 Å². The first kappa shape index (κ1) is 13.9. The van der Waals surface area contributed by atoms with Crippen LogP contribution in [0.4, 0.5) is 5.69 Å². The molecule has 2 nitrogen and oxygen atoms in total. The second-order valence-electron chi connectivity index (χ2n) is 5.64. The van der Waals surface area contributed by atoms with E-state index in [1.165, 1.54) is 15.7 Å². The number of hydrogen-bond donors (Lipinski definition) is 1. The fourth-order valence-electron chi connectivity index (χ4n) is 2.58. The van der Waals surface area contributed by atoms with Crippen LogP contribution in [0.25, 0.3) is 0 Å². The number of nitrogens with zero attached hydrogens (tertiary/aromatic N) is 1. The van der Waals surface area contributed by atoms with Gasteiger partial charge in [0.1, 0.15) is 0 Å². The molecule has 0 amide bonds. The summed E-state index contributed by atoms with van der Waals surface area (Å²) in [5, 5.41) is 3.65. The van der Waals surface area contributed by atoms with E-state index in [0.717, 1.165) is 13.1 Å². The van der Waals surface area contributed by atoms with Crippen LogP contribution in [0.3, 0.4) is 0 Å². The summed E-state index contributed by atoms with van der Waals surface area (Å²) in [6.45, 7) is 11.2. The smallest absolute Gasteiger partial charge is 0.0410 e. The first-order valence-electron chi connectivity index (χ1n) is 6.76. The van der Waals surface area contributed by atoms with E-state index in [4.69, 9.17) is 0 Å².